The second-order valence-electron chi connectivity index (χ2n) is 5.98. The normalized spacial score (nSPS) is 11.8. The largest absolute Gasteiger partial charge is 0.493 e. The van der Waals surface area contributed by atoms with Gasteiger partial charge >= 0.3 is 0 Å². The predicted octanol–water partition coefficient (Wildman–Crippen LogP) is 3.04. The highest BCUT2D eigenvalue weighted by Crippen LogP contribution is 2.38. The Bertz CT molecular complexity index is 1290. The van der Waals surface area contributed by atoms with Crippen molar-refractivity contribution in [2.75, 3.05) is 21.3 Å². The number of aromatic nitrogens is 3. The third kappa shape index (κ3) is 3.41. The molecule has 0 fully saturated rings. The Kier molecular flexibility index (Phi) is 5.12. The summed E-state index contributed by atoms with van der Waals surface area (Å²) in [4.78, 5) is 17.8. The van der Waals surface area contributed by atoms with Crippen LogP contribution < -0.4 is 24.3 Å². The van der Waals surface area contributed by atoms with Crippen molar-refractivity contribution in [3.63, 3.8) is 0 Å². The maximum atomic E-state index is 12.8. The van der Waals surface area contributed by atoms with Crippen LogP contribution in [0.4, 0.5) is 0 Å². The number of hydrogen-bond donors (Lipinski definition) is 0. The molecule has 0 radical (unpaired) electrons. The van der Waals surface area contributed by atoms with Gasteiger partial charge in [0.25, 0.3) is 5.56 Å². The SMILES string of the molecule is COc1cc(/C=c2\sc3nc(-c4ccccc4Cl)nn3c2=O)cc(OC)c1OC. The minimum absolute atomic E-state index is 0.260. The standard InChI is InChI=1S/C20H16ClN3O4S/c1-26-14-8-11(9-15(27-2)17(14)28-3)10-16-19(25)24-20(29-16)22-18(23-24)12-6-4-5-7-13(12)21/h4-10H,1-3H3/b16-10-. The van der Waals surface area contributed by atoms with Crippen LogP contribution in [0.2, 0.25) is 5.02 Å². The molecule has 0 unspecified atom stereocenters. The van der Waals surface area contributed by atoms with Crippen LogP contribution in [0, 0.1) is 0 Å². The lowest BCUT2D eigenvalue weighted by Gasteiger charge is -2.12. The van der Waals surface area contributed by atoms with E-state index in [0.717, 1.165) is 5.56 Å². The summed E-state index contributed by atoms with van der Waals surface area (Å²) in [6.07, 6.45) is 1.74. The van der Waals surface area contributed by atoms with Crippen LogP contribution in [-0.2, 0) is 0 Å². The molecule has 0 aliphatic heterocycles. The molecule has 0 bridgehead atoms. The third-order valence-corrected chi connectivity index (χ3v) is 5.57. The van der Waals surface area contributed by atoms with E-state index in [1.807, 2.05) is 18.2 Å². The Labute approximate surface area is 174 Å². The summed E-state index contributed by atoms with van der Waals surface area (Å²) < 4.78 is 17.8. The summed E-state index contributed by atoms with van der Waals surface area (Å²) in [5, 5.41) is 4.86. The minimum Gasteiger partial charge on any atom is -0.493 e. The fourth-order valence-electron chi connectivity index (χ4n) is 2.93. The second kappa shape index (κ2) is 7.73. The minimum atomic E-state index is -0.260. The van der Waals surface area contributed by atoms with Gasteiger partial charge in [-0.05, 0) is 35.9 Å². The molecule has 4 aromatic rings. The van der Waals surface area contributed by atoms with Crippen molar-refractivity contribution in [1.82, 2.24) is 14.6 Å². The van der Waals surface area contributed by atoms with Gasteiger partial charge in [0.1, 0.15) is 0 Å². The zero-order valence-corrected chi connectivity index (χ0v) is 17.4. The topological polar surface area (TPSA) is 75.0 Å². The zero-order chi connectivity index (χ0) is 20.5. The summed E-state index contributed by atoms with van der Waals surface area (Å²) >= 11 is 7.45. The molecule has 148 valence electrons. The van der Waals surface area contributed by atoms with Gasteiger partial charge in [0, 0.05) is 5.56 Å². The first-order chi connectivity index (χ1) is 14.0. The lowest BCUT2D eigenvalue weighted by Crippen LogP contribution is -2.23. The van der Waals surface area contributed by atoms with Gasteiger partial charge in [-0.1, -0.05) is 35.1 Å². The van der Waals surface area contributed by atoms with E-state index in [0.29, 0.717) is 43.2 Å². The van der Waals surface area contributed by atoms with Crippen molar-refractivity contribution in [2.24, 2.45) is 0 Å². The highest BCUT2D eigenvalue weighted by Gasteiger charge is 2.15. The number of fused-ring (bicyclic) bond motifs is 1. The van der Waals surface area contributed by atoms with Crippen LogP contribution >= 0.6 is 22.9 Å². The third-order valence-electron chi connectivity index (χ3n) is 4.28. The highest BCUT2D eigenvalue weighted by molar-refractivity contribution is 7.15. The first kappa shape index (κ1) is 19.2. The number of hydrogen-bond acceptors (Lipinski definition) is 7. The molecule has 2 aromatic carbocycles. The predicted molar refractivity (Wildman–Crippen MR) is 112 cm³/mol. The Hall–Kier alpha value is -3.10. The zero-order valence-electron chi connectivity index (χ0n) is 15.8. The molecule has 0 aliphatic rings. The Balaban J connectivity index is 1.82. The Morgan fingerprint density at radius 2 is 1.76 bits per heavy atom. The average molecular weight is 430 g/mol. The molecule has 0 atom stereocenters. The molecule has 29 heavy (non-hydrogen) atoms. The Morgan fingerprint density at radius 1 is 1.07 bits per heavy atom. The maximum absolute atomic E-state index is 12.8. The van der Waals surface area contributed by atoms with E-state index in [1.165, 1.54) is 23.0 Å². The molecule has 0 saturated carbocycles. The first-order valence-electron chi connectivity index (χ1n) is 8.52. The fraction of sp³-hybridized carbons (Fsp3) is 0.150. The van der Waals surface area contributed by atoms with Crippen molar-refractivity contribution in [2.45, 2.75) is 0 Å². The lowest BCUT2D eigenvalue weighted by molar-refractivity contribution is 0.324. The number of thiazole rings is 1. The van der Waals surface area contributed by atoms with Gasteiger partial charge in [0.2, 0.25) is 10.7 Å². The molecule has 7 nitrogen and oxygen atoms in total. The van der Waals surface area contributed by atoms with Crippen molar-refractivity contribution >= 4 is 34.0 Å². The van der Waals surface area contributed by atoms with Gasteiger partial charge in [-0.15, -0.1) is 5.10 Å². The Morgan fingerprint density at radius 3 is 2.34 bits per heavy atom. The fourth-order valence-corrected chi connectivity index (χ4v) is 4.05. The second-order valence-corrected chi connectivity index (χ2v) is 7.40. The quantitative estimate of drug-likeness (QED) is 0.485. The van der Waals surface area contributed by atoms with Gasteiger partial charge in [-0.25, -0.2) is 0 Å². The molecular formula is C20H16ClN3O4S. The molecule has 0 aliphatic carbocycles. The molecule has 0 spiro atoms. The van der Waals surface area contributed by atoms with Crippen molar-refractivity contribution in [1.29, 1.82) is 0 Å². The van der Waals surface area contributed by atoms with Gasteiger partial charge in [-0.2, -0.15) is 9.50 Å². The summed E-state index contributed by atoms with van der Waals surface area (Å²) in [7, 11) is 4.62. The van der Waals surface area contributed by atoms with Gasteiger partial charge in [-0.3, -0.25) is 4.79 Å². The van der Waals surface area contributed by atoms with E-state index in [1.54, 1.807) is 38.5 Å². The van der Waals surface area contributed by atoms with Crippen molar-refractivity contribution in [3.05, 3.63) is 61.9 Å². The van der Waals surface area contributed by atoms with Crippen LogP contribution in [0.25, 0.3) is 22.4 Å². The van der Waals surface area contributed by atoms with E-state index >= 15 is 0 Å². The molecule has 0 amide bonds. The van der Waals surface area contributed by atoms with Gasteiger partial charge in [0.05, 0.1) is 30.9 Å². The van der Waals surface area contributed by atoms with Gasteiger partial charge < -0.3 is 14.2 Å². The summed E-state index contributed by atoms with van der Waals surface area (Å²) in [6, 6.07) is 10.8. The number of benzene rings is 2. The molecular weight excluding hydrogens is 414 g/mol. The molecule has 2 heterocycles. The summed E-state index contributed by atoms with van der Waals surface area (Å²) in [6.45, 7) is 0. The highest BCUT2D eigenvalue weighted by atomic mass is 35.5. The maximum Gasteiger partial charge on any atom is 0.291 e. The van der Waals surface area contributed by atoms with Crippen molar-refractivity contribution < 1.29 is 14.2 Å². The van der Waals surface area contributed by atoms with E-state index in [2.05, 4.69) is 10.1 Å². The van der Waals surface area contributed by atoms with Crippen LogP contribution in [0.15, 0.2) is 41.2 Å². The number of halogens is 1. The van der Waals surface area contributed by atoms with Crippen LogP contribution in [0.3, 0.4) is 0 Å². The van der Waals surface area contributed by atoms with E-state index in [-0.39, 0.29) is 5.56 Å². The summed E-state index contributed by atoms with van der Waals surface area (Å²) in [5.74, 6) is 1.91. The number of nitrogens with zero attached hydrogens (tertiary/aromatic N) is 3. The molecule has 2 aromatic heterocycles. The number of methoxy groups -OCH3 is 3. The van der Waals surface area contributed by atoms with E-state index < -0.39 is 0 Å². The molecule has 0 N–H and O–H groups in total. The summed E-state index contributed by atoms with van der Waals surface area (Å²) in [5.41, 5.74) is 1.15. The van der Waals surface area contributed by atoms with Gasteiger partial charge in [0.15, 0.2) is 17.3 Å². The smallest absolute Gasteiger partial charge is 0.291 e. The monoisotopic (exact) mass is 429 g/mol. The first-order valence-corrected chi connectivity index (χ1v) is 9.71. The van der Waals surface area contributed by atoms with Crippen LogP contribution in [0.1, 0.15) is 5.56 Å². The van der Waals surface area contributed by atoms with Crippen LogP contribution in [-0.4, -0.2) is 35.9 Å². The lowest BCUT2D eigenvalue weighted by atomic mass is 10.1. The molecule has 9 heteroatoms. The van der Waals surface area contributed by atoms with E-state index in [4.69, 9.17) is 25.8 Å². The molecule has 4 rings (SSSR count). The van der Waals surface area contributed by atoms with Crippen LogP contribution in [0.5, 0.6) is 17.2 Å². The van der Waals surface area contributed by atoms with Crippen molar-refractivity contribution in [3.8, 4) is 28.6 Å². The molecule has 0 saturated heterocycles. The average Bonchev–Trinajstić information content (AvgIpc) is 3.27. The number of ether oxygens (including phenoxy) is 3. The van der Waals surface area contributed by atoms with E-state index in [9.17, 15) is 4.79 Å². The number of rotatable bonds is 5.